The molecule has 0 radical (unpaired) electrons. The summed E-state index contributed by atoms with van der Waals surface area (Å²) >= 11 is 6.00. The molecule has 0 spiro atoms. The number of methoxy groups -OCH3 is 1. The molecule has 0 aliphatic heterocycles. The highest BCUT2D eigenvalue weighted by atomic mass is 35.5. The van der Waals surface area contributed by atoms with Gasteiger partial charge in [0.05, 0.1) is 24.4 Å². The first-order valence-electron chi connectivity index (χ1n) is 5.81. The molecule has 1 N–H and O–H groups in total. The Morgan fingerprint density at radius 3 is 2.58 bits per heavy atom. The minimum absolute atomic E-state index is 0.232. The van der Waals surface area contributed by atoms with Gasteiger partial charge in [0.25, 0.3) is 0 Å². The molecule has 1 aromatic rings. The van der Waals surface area contributed by atoms with Crippen LogP contribution in [0.4, 0.5) is 5.69 Å². The van der Waals surface area contributed by atoms with Crippen molar-refractivity contribution in [1.29, 1.82) is 0 Å². The van der Waals surface area contributed by atoms with Crippen molar-refractivity contribution < 1.29 is 19.1 Å². The lowest BCUT2D eigenvalue weighted by Crippen LogP contribution is -2.10. The van der Waals surface area contributed by atoms with Gasteiger partial charge in [0, 0.05) is 13.0 Å². The molecular weight excluding hydrogens is 270 g/mol. The number of carbonyl (C=O) groups excluding carboxylic acids is 2. The first-order valence-corrected chi connectivity index (χ1v) is 6.19. The van der Waals surface area contributed by atoms with Gasteiger partial charge in [-0.1, -0.05) is 18.5 Å². The molecule has 19 heavy (non-hydrogen) atoms. The molecule has 1 aromatic carbocycles. The van der Waals surface area contributed by atoms with Crippen LogP contribution in [0.5, 0.6) is 5.75 Å². The van der Waals surface area contributed by atoms with E-state index in [1.165, 1.54) is 26.2 Å². The minimum Gasteiger partial charge on any atom is -0.493 e. The van der Waals surface area contributed by atoms with Crippen molar-refractivity contribution in [3.8, 4) is 5.75 Å². The number of rotatable bonds is 5. The van der Waals surface area contributed by atoms with E-state index in [1.807, 2.05) is 6.92 Å². The number of amides is 1. The lowest BCUT2D eigenvalue weighted by atomic mass is 10.1. The van der Waals surface area contributed by atoms with Crippen LogP contribution in [-0.4, -0.2) is 25.6 Å². The number of esters is 1. The van der Waals surface area contributed by atoms with Crippen LogP contribution in [0.2, 0.25) is 5.02 Å². The maximum atomic E-state index is 11.6. The third kappa shape index (κ3) is 4.13. The van der Waals surface area contributed by atoms with Crippen molar-refractivity contribution >= 4 is 29.2 Å². The molecule has 0 aliphatic carbocycles. The summed E-state index contributed by atoms with van der Waals surface area (Å²) in [5, 5.41) is 2.82. The average Bonchev–Trinajstić information content (AvgIpc) is 2.37. The van der Waals surface area contributed by atoms with E-state index in [2.05, 4.69) is 10.1 Å². The van der Waals surface area contributed by atoms with Gasteiger partial charge in [-0.05, 0) is 12.5 Å². The summed E-state index contributed by atoms with van der Waals surface area (Å²) in [5.41, 5.74) is 0.628. The largest absolute Gasteiger partial charge is 0.493 e. The maximum Gasteiger partial charge on any atom is 0.341 e. The third-order valence-electron chi connectivity index (χ3n) is 2.25. The first-order chi connectivity index (χ1) is 8.99. The van der Waals surface area contributed by atoms with Crippen molar-refractivity contribution in [3.63, 3.8) is 0 Å². The van der Waals surface area contributed by atoms with E-state index in [-0.39, 0.29) is 16.5 Å². The molecule has 0 saturated heterocycles. The molecule has 6 heteroatoms. The van der Waals surface area contributed by atoms with Crippen LogP contribution in [0.1, 0.15) is 30.6 Å². The molecular formula is C13H16ClNO4. The Morgan fingerprint density at radius 1 is 1.37 bits per heavy atom. The van der Waals surface area contributed by atoms with Crippen LogP contribution >= 0.6 is 11.6 Å². The SMILES string of the molecule is CCCOc1cc(NC(C)=O)c(Cl)cc1C(=O)OC. The third-order valence-corrected chi connectivity index (χ3v) is 2.56. The second kappa shape index (κ2) is 6.99. The molecule has 0 bridgehead atoms. The molecule has 0 unspecified atom stereocenters. The number of anilines is 1. The Labute approximate surface area is 116 Å². The van der Waals surface area contributed by atoms with Crippen LogP contribution in [0.3, 0.4) is 0 Å². The highest BCUT2D eigenvalue weighted by Gasteiger charge is 2.17. The summed E-state index contributed by atoms with van der Waals surface area (Å²) in [6.07, 6.45) is 0.790. The lowest BCUT2D eigenvalue weighted by molar-refractivity contribution is -0.114. The molecule has 5 nitrogen and oxygen atoms in total. The fourth-order valence-corrected chi connectivity index (χ4v) is 1.65. The highest BCUT2D eigenvalue weighted by Crippen LogP contribution is 2.31. The van der Waals surface area contributed by atoms with Gasteiger partial charge in [-0.25, -0.2) is 4.79 Å². The van der Waals surface area contributed by atoms with Gasteiger partial charge in [0.1, 0.15) is 11.3 Å². The van der Waals surface area contributed by atoms with E-state index < -0.39 is 5.97 Å². The van der Waals surface area contributed by atoms with Gasteiger partial charge in [-0.3, -0.25) is 4.79 Å². The van der Waals surface area contributed by atoms with Gasteiger partial charge in [-0.15, -0.1) is 0 Å². The monoisotopic (exact) mass is 285 g/mol. The number of hydrogen-bond acceptors (Lipinski definition) is 4. The van der Waals surface area contributed by atoms with E-state index in [0.29, 0.717) is 18.0 Å². The van der Waals surface area contributed by atoms with Gasteiger partial charge >= 0.3 is 5.97 Å². The number of ether oxygens (including phenoxy) is 2. The van der Waals surface area contributed by atoms with Crippen molar-refractivity contribution in [2.45, 2.75) is 20.3 Å². The smallest absolute Gasteiger partial charge is 0.341 e. The summed E-state index contributed by atoms with van der Waals surface area (Å²) < 4.78 is 10.1. The van der Waals surface area contributed by atoms with E-state index in [1.54, 1.807) is 0 Å². The van der Waals surface area contributed by atoms with E-state index in [9.17, 15) is 9.59 Å². The van der Waals surface area contributed by atoms with E-state index >= 15 is 0 Å². The zero-order chi connectivity index (χ0) is 14.4. The predicted octanol–water partition coefficient (Wildman–Crippen LogP) is 2.87. The quantitative estimate of drug-likeness (QED) is 0.845. The highest BCUT2D eigenvalue weighted by molar-refractivity contribution is 6.34. The van der Waals surface area contributed by atoms with Crippen LogP contribution < -0.4 is 10.1 Å². The van der Waals surface area contributed by atoms with Crippen molar-refractivity contribution in [2.24, 2.45) is 0 Å². The number of benzene rings is 1. The fraction of sp³-hybridized carbons (Fsp3) is 0.385. The minimum atomic E-state index is -0.539. The maximum absolute atomic E-state index is 11.6. The van der Waals surface area contributed by atoms with Crippen LogP contribution in [0.25, 0.3) is 0 Å². The summed E-state index contributed by atoms with van der Waals surface area (Å²) in [6.45, 7) is 3.77. The molecule has 0 atom stereocenters. The fourth-order valence-electron chi connectivity index (χ4n) is 1.44. The Bertz CT molecular complexity index is 488. The lowest BCUT2D eigenvalue weighted by Gasteiger charge is -2.13. The molecule has 0 aromatic heterocycles. The normalized spacial score (nSPS) is 9.89. The van der Waals surface area contributed by atoms with Gasteiger partial charge in [0.2, 0.25) is 5.91 Å². The van der Waals surface area contributed by atoms with Gasteiger partial charge in [0.15, 0.2) is 0 Å². The molecule has 104 valence electrons. The van der Waals surface area contributed by atoms with E-state index in [4.69, 9.17) is 16.3 Å². The first kappa shape index (κ1) is 15.3. The number of nitrogens with one attached hydrogen (secondary N) is 1. The molecule has 0 fully saturated rings. The summed E-state index contributed by atoms with van der Waals surface area (Å²) in [4.78, 5) is 22.7. The number of hydrogen-bond donors (Lipinski definition) is 1. The van der Waals surface area contributed by atoms with E-state index in [0.717, 1.165) is 6.42 Å². The molecule has 0 saturated carbocycles. The Balaban J connectivity index is 3.19. The number of halogens is 1. The Hall–Kier alpha value is -1.75. The van der Waals surface area contributed by atoms with Crippen molar-refractivity contribution in [1.82, 2.24) is 0 Å². The molecule has 1 rings (SSSR count). The second-order valence-electron chi connectivity index (χ2n) is 3.85. The predicted molar refractivity (Wildman–Crippen MR) is 72.9 cm³/mol. The standard InChI is InChI=1S/C13H16ClNO4/c1-4-5-19-12-7-11(15-8(2)16)10(14)6-9(12)13(17)18-3/h6-7H,4-5H2,1-3H3,(H,15,16). The molecule has 0 heterocycles. The molecule has 1 amide bonds. The Kier molecular flexibility index (Phi) is 5.63. The second-order valence-corrected chi connectivity index (χ2v) is 4.26. The van der Waals surface area contributed by atoms with Crippen LogP contribution in [0, 0.1) is 0 Å². The van der Waals surface area contributed by atoms with Crippen LogP contribution in [0.15, 0.2) is 12.1 Å². The van der Waals surface area contributed by atoms with Crippen LogP contribution in [-0.2, 0) is 9.53 Å². The van der Waals surface area contributed by atoms with Crippen molar-refractivity contribution in [3.05, 3.63) is 22.7 Å². The Morgan fingerprint density at radius 2 is 2.05 bits per heavy atom. The summed E-state index contributed by atoms with van der Waals surface area (Å²) in [6, 6.07) is 2.94. The molecule has 0 aliphatic rings. The summed E-state index contributed by atoms with van der Waals surface area (Å²) in [7, 11) is 1.28. The zero-order valence-electron chi connectivity index (χ0n) is 11.1. The van der Waals surface area contributed by atoms with Crippen molar-refractivity contribution in [2.75, 3.05) is 19.0 Å². The summed E-state index contributed by atoms with van der Waals surface area (Å²) in [5.74, 6) is -0.460. The van der Waals surface area contributed by atoms with Gasteiger partial charge in [-0.2, -0.15) is 0 Å². The number of carbonyl (C=O) groups is 2. The van der Waals surface area contributed by atoms with Gasteiger partial charge < -0.3 is 14.8 Å². The zero-order valence-corrected chi connectivity index (χ0v) is 11.8. The topological polar surface area (TPSA) is 64.6 Å². The average molecular weight is 286 g/mol.